The van der Waals surface area contributed by atoms with Crippen LogP contribution in [0.3, 0.4) is 0 Å². The van der Waals surface area contributed by atoms with Crippen molar-refractivity contribution in [1.82, 2.24) is 14.9 Å². The number of amides is 1. The van der Waals surface area contributed by atoms with Crippen LogP contribution in [0, 0.1) is 5.82 Å². The Morgan fingerprint density at radius 3 is 3.08 bits per heavy atom. The van der Waals surface area contributed by atoms with Crippen molar-refractivity contribution in [2.24, 2.45) is 0 Å². The molecule has 6 heteroatoms. The van der Waals surface area contributed by atoms with Gasteiger partial charge in [0.2, 0.25) is 0 Å². The van der Waals surface area contributed by atoms with Gasteiger partial charge in [-0.25, -0.2) is 9.37 Å². The van der Waals surface area contributed by atoms with E-state index in [1.807, 2.05) is 4.90 Å². The molecular formula is C18H18FN3O2. The molecule has 2 aromatic rings. The van der Waals surface area contributed by atoms with E-state index in [4.69, 9.17) is 4.74 Å². The molecule has 1 aromatic carbocycles. The molecule has 5 rings (SSSR count). The molecular weight excluding hydrogens is 309 g/mol. The van der Waals surface area contributed by atoms with Crippen molar-refractivity contribution in [3.8, 4) is 5.75 Å². The summed E-state index contributed by atoms with van der Waals surface area (Å²) in [6.45, 7) is 0.679. The number of nitrogens with zero attached hydrogens (tertiary/aromatic N) is 2. The van der Waals surface area contributed by atoms with E-state index in [9.17, 15) is 9.18 Å². The van der Waals surface area contributed by atoms with E-state index in [0.29, 0.717) is 18.7 Å². The number of H-pyrrole nitrogens is 1. The minimum absolute atomic E-state index is 0.0000387. The van der Waals surface area contributed by atoms with E-state index in [0.717, 1.165) is 42.6 Å². The molecule has 24 heavy (non-hydrogen) atoms. The SMILES string of the molecule is O=C(C1Cc2cc(F)ccc2O1)N1CCc2[nH]cnc2C12CCC2. The van der Waals surface area contributed by atoms with Crippen LogP contribution in [0.1, 0.15) is 36.2 Å². The van der Waals surface area contributed by atoms with Gasteiger partial charge in [0.05, 0.1) is 17.6 Å². The van der Waals surface area contributed by atoms with Crippen LogP contribution in [0.15, 0.2) is 24.5 Å². The molecule has 124 valence electrons. The van der Waals surface area contributed by atoms with Crippen molar-refractivity contribution >= 4 is 5.91 Å². The fourth-order valence-electron chi connectivity index (χ4n) is 4.35. The molecule has 1 spiro atoms. The van der Waals surface area contributed by atoms with Crippen molar-refractivity contribution in [3.05, 3.63) is 47.3 Å². The van der Waals surface area contributed by atoms with E-state index in [1.165, 1.54) is 12.1 Å². The van der Waals surface area contributed by atoms with Crippen molar-refractivity contribution in [3.63, 3.8) is 0 Å². The molecule has 3 aliphatic rings. The van der Waals surface area contributed by atoms with Crippen LogP contribution in [-0.4, -0.2) is 33.4 Å². The number of aromatic amines is 1. The maximum Gasteiger partial charge on any atom is 0.264 e. The molecule has 3 heterocycles. The summed E-state index contributed by atoms with van der Waals surface area (Å²) in [5.41, 5.74) is 2.67. The summed E-state index contributed by atoms with van der Waals surface area (Å²) < 4.78 is 19.2. The summed E-state index contributed by atoms with van der Waals surface area (Å²) in [5, 5.41) is 0. The lowest BCUT2D eigenvalue weighted by molar-refractivity contribution is -0.151. The van der Waals surface area contributed by atoms with Crippen LogP contribution in [0.4, 0.5) is 4.39 Å². The number of fused-ring (bicyclic) bond motifs is 3. The predicted octanol–water partition coefficient (Wildman–Crippen LogP) is 2.32. The predicted molar refractivity (Wildman–Crippen MR) is 84.1 cm³/mol. The maximum atomic E-state index is 13.4. The van der Waals surface area contributed by atoms with Gasteiger partial charge in [-0.1, -0.05) is 0 Å². The van der Waals surface area contributed by atoms with Gasteiger partial charge >= 0.3 is 0 Å². The molecule has 5 nitrogen and oxygen atoms in total. The Labute approximate surface area is 138 Å². The molecule has 1 aliphatic carbocycles. The number of nitrogens with one attached hydrogen (secondary N) is 1. The molecule has 1 unspecified atom stereocenters. The number of ether oxygens (including phenoxy) is 1. The van der Waals surface area contributed by atoms with Crippen LogP contribution < -0.4 is 4.74 Å². The Morgan fingerprint density at radius 2 is 2.29 bits per heavy atom. The quantitative estimate of drug-likeness (QED) is 0.874. The largest absolute Gasteiger partial charge is 0.480 e. The fraction of sp³-hybridized carbons (Fsp3) is 0.444. The minimum Gasteiger partial charge on any atom is -0.480 e. The highest BCUT2D eigenvalue weighted by molar-refractivity contribution is 5.84. The molecule has 1 fully saturated rings. The van der Waals surface area contributed by atoms with Crippen LogP contribution in [0.25, 0.3) is 0 Å². The summed E-state index contributed by atoms with van der Waals surface area (Å²) in [4.78, 5) is 22.8. The van der Waals surface area contributed by atoms with Gasteiger partial charge in [0.1, 0.15) is 11.6 Å². The van der Waals surface area contributed by atoms with E-state index in [-0.39, 0.29) is 17.3 Å². The number of rotatable bonds is 1. The first-order chi connectivity index (χ1) is 11.7. The number of carbonyl (C=O) groups is 1. The van der Waals surface area contributed by atoms with Gasteiger partial charge in [-0.15, -0.1) is 0 Å². The molecule has 1 aromatic heterocycles. The number of aromatic nitrogens is 2. The Bertz CT molecular complexity index is 827. The van der Waals surface area contributed by atoms with Gasteiger partial charge in [0, 0.05) is 30.6 Å². The summed E-state index contributed by atoms with van der Waals surface area (Å²) in [6, 6.07) is 4.44. The molecule has 2 aliphatic heterocycles. The van der Waals surface area contributed by atoms with Crippen molar-refractivity contribution in [2.75, 3.05) is 6.54 Å². The standard InChI is InChI=1S/C18H18FN3O2/c19-12-2-3-14-11(8-12)9-15(24-14)17(23)22-7-4-13-16(21-10-20-13)18(22)5-1-6-18/h2-3,8,10,15H,1,4-7,9H2,(H,20,21). The zero-order valence-electron chi connectivity index (χ0n) is 13.2. The Kier molecular flexibility index (Phi) is 2.81. The first-order valence-electron chi connectivity index (χ1n) is 8.47. The van der Waals surface area contributed by atoms with Gasteiger partial charge in [-0.2, -0.15) is 0 Å². The second-order valence-electron chi connectivity index (χ2n) is 6.92. The second kappa shape index (κ2) is 4.82. The topological polar surface area (TPSA) is 58.2 Å². The summed E-state index contributed by atoms with van der Waals surface area (Å²) >= 11 is 0. The Morgan fingerprint density at radius 1 is 1.42 bits per heavy atom. The van der Waals surface area contributed by atoms with Gasteiger partial charge < -0.3 is 14.6 Å². The van der Waals surface area contributed by atoms with Gasteiger partial charge in [0.25, 0.3) is 5.91 Å². The maximum absolute atomic E-state index is 13.4. The molecule has 1 atom stereocenters. The Balaban J connectivity index is 1.44. The number of carbonyl (C=O) groups excluding carboxylic acids is 1. The van der Waals surface area contributed by atoms with Crippen molar-refractivity contribution in [2.45, 2.75) is 43.7 Å². The number of hydrogen-bond acceptors (Lipinski definition) is 3. The molecule has 1 amide bonds. The highest BCUT2D eigenvalue weighted by Crippen LogP contribution is 2.49. The summed E-state index contributed by atoms with van der Waals surface area (Å²) in [5.74, 6) is 0.329. The van der Waals surface area contributed by atoms with E-state index in [2.05, 4.69) is 9.97 Å². The van der Waals surface area contributed by atoms with Gasteiger partial charge in [-0.05, 0) is 37.5 Å². The van der Waals surface area contributed by atoms with Crippen molar-refractivity contribution in [1.29, 1.82) is 0 Å². The van der Waals surface area contributed by atoms with E-state index < -0.39 is 6.10 Å². The van der Waals surface area contributed by atoms with Gasteiger partial charge in [0.15, 0.2) is 6.10 Å². The molecule has 0 saturated heterocycles. The molecule has 0 bridgehead atoms. The first kappa shape index (κ1) is 14.0. The zero-order valence-corrected chi connectivity index (χ0v) is 13.2. The van der Waals surface area contributed by atoms with Crippen LogP contribution >= 0.6 is 0 Å². The molecule has 1 saturated carbocycles. The lowest BCUT2D eigenvalue weighted by atomic mass is 9.70. The highest BCUT2D eigenvalue weighted by atomic mass is 19.1. The van der Waals surface area contributed by atoms with Crippen LogP contribution in [0.2, 0.25) is 0 Å². The van der Waals surface area contributed by atoms with E-state index >= 15 is 0 Å². The lowest BCUT2D eigenvalue weighted by Gasteiger charge is -2.52. The smallest absolute Gasteiger partial charge is 0.264 e. The highest BCUT2D eigenvalue weighted by Gasteiger charge is 2.52. The fourth-order valence-corrected chi connectivity index (χ4v) is 4.35. The zero-order chi connectivity index (χ0) is 16.3. The van der Waals surface area contributed by atoms with E-state index in [1.54, 1.807) is 12.4 Å². The average Bonchev–Trinajstić information content (AvgIpc) is 3.17. The first-order valence-corrected chi connectivity index (χ1v) is 8.47. The van der Waals surface area contributed by atoms with Crippen molar-refractivity contribution < 1.29 is 13.9 Å². The minimum atomic E-state index is -0.556. The van der Waals surface area contributed by atoms with Gasteiger partial charge in [-0.3, -0.25) is 4.79 Å². The third-order valence-corrected chi connectivity index (χ3v) is 5.68. The summed E-state index contributed by atoms with van der Waals surface area (Å²) in [6.07, 6.45) is 5.40. The number of hydrogen-bond donors (Lipinski definition) is 1. The lowest BCUT2D eigenvalue weighted by Crippen LogP contribution is -2.60. The van der Waals surface area contributed by atoms with Crippen LogP contribution in [-0.2, 0) is 23.2 Å². The van der Waals surface area contributed by atoms with Crippen LogP contribution in [0.5, 0.6) is 5.75 Å². The summed E-state index contributed by atoms with van der Waals surface area (Å²) in [7, 11) is 0. The average molecular weight is 327 g/mol. The third kappa shape index (κ3) is 1.79. The number of halogens is 1. The monoisotopic (exact) mass is 327 g/mol. The molecule has 1 N–H and O–H groups in total. The molecule has 0 radical (unpaired) electrons. The number of benzene rings is 1. The third-order valence-electron chi connectivity index (χ3n) is 5.68. The normalized spacial score (nSPS) is 23.4. The number of imidazole rings is 1. The second-order valence-corrected chi connectivity index (χ2v) is 6.92. The Hall–Kier alpha value is -2.37.